The van der Waals surface area contributed by atoms with E-state index in [0.29, 0.717) is 0 Å². The van der Waals surface area contributed by atoms with Crippen molar-refractivity contribution < 1.29 is 24.9 Å². The Morgan fingerprint density at radius 1 is 1.52 bits per heavy atom. The summed E-state index contributed by atoms with van der Waals surface area (Å²) in [5.74, 6) is -1.28. The maximum absolute atomic E-state index is 12.1. The van der Waals surface area contributed by atoms with Crippen molar-refractivity contribution in [1.29, 1.82) is 0 Å². The first-order chi connectivity index (χ1) is 9.78. The van der Waals surface area contributed by atoms with Crippen molar-refractivity contribution in [3.8, 4) is 0 Å². The molecule has 2 unspecified atom stereocenters. The van der Waals surface area contributed by atoms with Gasteiger partial charge in [-0.1, -0.05) is 19.9 Å². The van der Waals surface area contributed by atoms with E-state index >= 15 is 0 Å². The fourth-order valence-corrected chi connectivity index (χ4v) is 3.18. The molecule has 0 radical (unpaired) electrons. The molecule has 0 aromatic carbocycles. The van der Waals surface area contributed by atoms with E-state index in [1.807, 2.05) is 6.08 Å². The second kappa shape index (κ2) is 6.04. The summed E-state index contributed by atoms with van der Waals surface area (Å²) in [6.07, 6.45) is 1.03. The molecule has 0 aromatic heterocycles. The molecule has 1 saturated heterocycles. The average Bonchev–Trinajstić information content (AvgIpc) is 2.98. The summed E-state index contributed by atoms with van der Waals surface area (Å²) in [6.45, 7) is 6.32. The molecular formula is C15H25NO5. The van der Waals surface area contributed by atoms with Gasteiger partial charge < -0.3 is 20.1 Å². The van der Waals surface area contributed by atoms with Gasteiger partial charge in [-0.15, -0.1) is 0 Å². The number of aliphatic hydroxyl groups is 3. The highest BCUT2D eigenvalue weighted by Gasteiger charge is 2.46. The molecule has 6 heteroatoms. The zero-order valence-corrected chi connectivity index (χ0v) is 12.8. The first-order valence-electron chi connectivity index (χ1n) is 7.47. The Morgan fingerprint density at radius 3 is 2.76 bits per heavy atom. The largest absolute Gasteiger partial charge is 0.459 e. The van der Waals surface area contributed by atoms with Crippen molar-refractivity contribution in [2.45, 2.75) is 51.0 Å². The number of hydrogen-bond donors (Lipinski definition) is 3. The van der Waals surface area contributed by atoms with Gasteiger partial charge in [-0.2, -0.15) is 0 Å². The molecule has 3 N–H and O–H groups in total. The Hall–Kier alpha value is -0.950. The molecule has 1 fully saturated rings. The third kappa shape index (κ3) is 2.85. The second-order valence-corrected chi connectivity index (χ2v) is 6.31. The van der Waals surface area contributed by atoms with Crippen molar-refractivity contribution >= 4 is 5.97 Å². The van der Waals surface area contributed by atoms with Crippen LogP contribution in [0.25, 0.3) is 0 Å². The van der Waals surface area contributed by atoms with Crippen molar-refractivity contribution in [1.82, 2.24) is 4.90 Å². The standard InChI is InChI=1S/C15H25NO5/c1-9(2)15(20,10(3)17)14(19)21-8-11-4-6-16-7-5-12(18)13(11)16/h4,9-10,12-13,17-18,20H,5-8H2,1-3H3/t10?,12-,13?,15-/m1/s1. The molecule has 120 valence electrons. The second-order valence-electron chi connectivity index (χ2n) is 6.31. The number of nitrogens with zero attached hydrogens (tertiary/aromatic N) is 1. The lowest BCUT2D eigenvalue weighted by Crippen LogP contribution is -2.53. The van der Waals surface area contributed by atoms with E-state index < -0.39 is 29.7 Å². The van der Waals surface area contributed by atoms with Crippen molar-refractivity contribution in [3.05, 3.63) is 11.6 Å². The summed E-state index contributed by atoms with van der Waals surface area (Å²) in [5.41, 5.74) is -1.04. The fourth-order valence-electron chi connectivity index (χ4n) is 3.18. The minimum Gasteiger partial charge on any atom is -0.459 e. The van der Waals surface area contributed by atoms with Crippen LogP contribution < -0.4 is 0 Å². The van der Waals surface area contributed by atoms with Crippen LogP contribution in [0.15, 0.2) is 11.6 Å². The molecule has 0 amide bonds. The molecule has 2 aliphatic rings. The van der Waals surface area contributed by atoms with Crippen LogP contribution in [-0.2, 0) is 9.53 Å². The number of carbonyl (C=O) groups excluding carboxylic acids is 1. The summed E-state index contributed by atoms with van der Waals surface area (Å²) in [6, 6.07) is -0.0866. The van der Waals surface area contributed by atoms with Gasteiger partial charge in [-0.05, 0) is 24.8 Å². The number of rotatable bonds is 5. The van der Waals surface area contributed by atoms with E-state index in [-0.39, 0.29) is 12.6 Å². The maximum Gasteiger partial charge on any atom is 0.341 e. The van der Waals surface area contributed by atoms with Gasteiger partial charge in [0.15, 0.2) is 5.60 Å². The predicted octanol–water partition coefficient (Wildman–Crippen LogP) is -0.327. The Morgan fingerprint density at radius 2 is 2.19 bits per heavy atom. The summed E-state index contributed by atoms with van der Waals surface area (Å²) in [7, 11) is 0. The third-order valence-electron chi connectivity index (χ3n) is 4.65. The lowest BCUT2D eigenvalue weighted by Gasteiger charge is -2.32. The first-order valence-corrected chi connectivity index (χ1v) is 7.47. The van der Waals surface area contributed by atoms with E-state index in [1.54, 1.807) is 13.8 Å². The molecule has 0 aliphatic carbocycles. The topological polar surface area (TPSA) is 90.2 Å². The van der Waals surface area contributed by atoms with Crippen LogP contribution >= 0.6 is 0 Å². The SMILES string of the molecule is CC(C)[C@](O)(C(=O)OCC1=CCN2CC[C@@H](O)C12)C(C)O. The van der Waals surface area contributed by atoms with Crippen LogP contribution in [0.2, 0.25) is 0 Å². The average molecular weight is 299 g/mol. The van der Waals surface area contributed by atoms with Crippen LogP contribution in [0, 0.1) is 5.92 Å². The Labute approximate surface area is 125 Å². The highest BCUT2D eigenvalue weighted by Crippen LogP contribution is 2.30. The highest BCUT2D eigenvalue weighted by atomic mass is 16.6. The summed E-state index contributed by atoms with van der Waals surface area (Å²) in [4.78, 5) is 14.3. The lowest BCUT2D eigenvalue weighted by atomic mass is 9.85. The summed E-state index contributed by atoms with van der Waals surface area (Å²) >= 11 is 0. The number of fused-ring (bicyclic) bond motifs is 1. The van der Waals surface area contributed by atoms with Crippen molar-refractivity contribution in [2.24, 2.45) is 5.92 Å². The third-order valence-corrected chi connectivity index (χ3v) is 4.65. The van der Waals surface area contributed by atoms with Crippen LogP contribution in [0.1, 0.15) is 27.2 Å². The molecular weight excluding hydrogens is 274 g/mol. The van der Waals surface area contributed by atoms with E-state index in [4.69, 9.17) is 4.74 Å². The number of esters is 1. The zero-order chi connectivity index (χ0) is 15.8. The quantitative estimate of drug-likeness (QED) is 0.476. The Balaban J connectivity index is 1.98. The molecule has 6 nitrogen and oxygen atoms in total. The van der Waals surface area contributed by atoms with E-state index in [1.165, 1.54) is 6.92 Å². The smallest absolute Gasteiger partial charge is 0.341 e. The minimum atomic E-state index is -1.91. The Bertz CT molecular complexity index is 424. The van der Waals surface area contributed by atoms with Gasteiger partial charge in [0, 0.05) is 13.1 Å². The van der Waals surface area contributed by atoms with Gasteiger partial charge in [0.1, 0.15) is 6.61 Å². The molecule has 0 spiro atoms. The number of carbonyl (C=O) groups is 1. The van der Waals surface area contributed by atoms with Crippen LogP contribution in [0.3, 0.4) is 0 Å². The number of aliphatic hydroxyl groups excluding tert-OH is 2. The van der Waals surface area contributed by atoms with Gasteiger partial charge in [0.05, 0.1) is 18.2 Å². The zero-order valence-electron chi connectivity index (χ0n) is 12.8. The van der Waals surface area contributed by atoms with Crippen molar-refractivity contribution in [3.63, 3.8) is 0 Å². The van der Waals surface area contributed by atoms with Crippen LogP contribution in [0.4, 0.5) is 0 Å². The molecule has 0 saturated carbocycles. The predicted molar refractivity (Wildman–Crippen MR) is 76.5 cm³/mol. The van der Waals surface area contributed by atoms with E-state index in [2.05, 4.69) is 4.90 Å². The summed E-state index contributed by atoms with van der Waals surface area (Å²) < 4.78 is 5.22. The summed E-state index contributed by atoms with van der Waals surface area (Å²) in [5, 5.41) is 30.0. The van der Waals surface area contributed by atoms with E-state index in [0.717, 1.165) is 25.1 Å². The normalized spacial score (nSPS) is 30.0. The Kier molecular flexibility index (Phi) is 4.72. The first kappa shape index (κ1) is 16.4. The molecule has 0 aromatic rings. The van der Waals surface area contributed by atoms with Crippen molar-refractivity contribution in [2.75, 3.05) is 19.7 Å². The minimum absolute atomic E-state index is 0.0405. The molecule has 2 aliphatic heterocycles. The maximum atomic E-state index is 12.1. The van der Waals surface area contributed by atoms with Gasteiger partial charge in [-0.25, -0.2) is 4.79 Å². The molecule has 2 heterocycles. The van der Waals surface area contributed by atoms with Crippen LogP contribution in [-0.4, -0.2) is 69.7 Å². The van der Waals surface area contributed by atoms with Gasteiger partial charge >= 0.3 is 5.97 Å². The molecule has 0 bridgehead atoms. The monoisotopic (exact) mass is 299 g/mol. The molecule has 4 atom stereocenters. The molecule has 2 rings (SSSR count). The van der Waals surface area contributed by atoms with Gasteiger partial charge in [-0.3, -0.25) is 4.90 Å². The number of hydrogen-bond acceptors (Lipinski definition) is 6. The fraction of sp³-hybridized carbons (Fsp3) is 0.800. The molecule has 21 heavy (non-hydrogen) atoms. The van der Waals surface area contributed by atoms with Gasteiger partial charge in [0.2, 0.25) is 0 Å². The highest BCUT2D eigenvalue weighted by molar-refractivity contribution is 5.80. The van der Waals surface area contributed by atoms with Gasteiger partial charge in [0.25, 0.3) is 0 Å². The lowest BCUT2D eigenvalue weighted by molar-refractivity contribution is -0.183. The van der Waals surface area contributed by atoms with Crippen LogP contribution in [0.5, 0.6) is 0 Å². The van der Waals surface area contributed by atoms with E-state index in [9.17, 15) is 20.1 Å². The number of ether oxygens (including phenoxy) is 1.